The van der Waals surface area contributed by atoms with Crippen LogP contribution in [-0.2, 0) is 11.2 Å². The molecule has 3 aliphatic heterocycles. The van der Waals surface area contributed by atoms with Crippen LogP contribution >= 0.6 is 0 Å². The fraction of sp³-hybridized carbons (Fsp3) is 0.652. The van der Waals surface area contributed by atoms with E-state index in [0.717, 1.165) is 65.0 Å². The molecule has 0 bridgehead atoms. The van der Waals surface area contributed by atoms with E-state index < -0.39 is 5.54 Å². The number of benzene rings is 1. The third-order valence-electron chi connectivity index (χ3n) is 6.85. The Balaban J connectivity index is 1.34. The summed E-state index contributed by atoms with van der Waals surface area (Å²) >= 11 is 0. The molecule has 3 fully saturated rings. The molecular weight excluding hydrogens is 364 g/mol. The van der Waals surface area contributed by atoms with Crippen molar-refractivity contribution in [2.24, 2.45) is 0 Å². The third-order valence-corrected chi connectivity index (χ3v) is 6.85. The molecule has 3 aliphatic rings. The number of nitrogens with one attached hydrogen (secondary N) is 1. The van der Waals surface area contributed by atoms with Crippen LogP contribution in [-0.4, -0.2) is 77.5 Å². The maximum absolute atomic E-state index is 13.3. The van der Waals surface area contributed by atoms with E-state index in [1.54, 1.807) is 4.90 Å². The van der Waals surface area contributed by atoms with E-state index >= 15 is 0 Å². The Morgan fingerprint density at radius 3 is 2.52 bits per heavy atom. The van der Waals surface area contributed by atoms with Gasteiger partial charge in [-0.05, 0) is 57.2 Å². The number of carbonyl (C=O) groups excluding carboxylic acids is 2. The summed E-state index contributed by atoms with van der Waals surface area (Å²) in [4.78, 5) is 32.5. The molecule has 1 N–H and O–H groups in total. The van der Waals surface area contributed by atoms with Crippen LogP contribution in [0.1, 0.15) is 44.6 Å². The molecule has 0 saturated carbocycles. The average Bonchev–Trinajstić information content (AvgIpc) is 2.98. The first-order valence-electron chi connectivity index (χ1n) is 11.3. The number of likely N-dealkylation sites (tertiary alicyclic amines) is 2. The standard InChI is InChI=1S/C23H34N4O2/c1-2-13-26-14-6-9-20(18-26)27-21(28)23(24-22(27)29)11-16-25(17-12-23)15-10-19-7-4-3-5-8-19/h3-5,7-8,20H,2,6,9-18H2,1H3,(H,24,29). The highest BCUT2D eigenvalue weighted by Gasteiger charge is 2.54. The van der Waals surface area contributed by atoms with Crippen molar-refractivity contribution in [1.29, 1.82) is 0 Å². The third kappa shape index (κ3) is 4.33. The molecule has 29 heavy (non-hydrogen) atoms. The number of nitrogens with zero attached hydrogens (tertiary/aromatic N) is 3. The predicted molar refractivity (Wildman–Crippen MR) is 114 cm³/mol. The molecule has 0 aromatic heterocycles. The van der Waals surface area contributed by atoms with Crippen LogP contribution in [0.3, 0.4) is 0 Å². The SMILES string of the molecule is CCCN1CCCC(N2C(=O)NC3(CCN(CCc4ccccc4)CC3)C2=O)C1. The van der Waals surface area contributed by atoms with Crippen LogP contribution in [0.25, 0.3) is 0 Å². The van der Waals surface area contributed by atoms with Gasteiger partial charge in [-0.1, -0.05) is 37.3 Å². The molecule has 1 atom stereocenters. The number of piperidine rings is 2. The minimum atomic E-state index is -0.673. The van der Waals surface area contributed by atoms with Crippen molar-refractivity contribution in [1.82, 2.24) is 20.0 Å². The summed E-state index contributed by atoms with van der Waals surface area (Å²) in [5.74, 6) is 0.0218. The summed E-state index contributed by atoms with van der Waals surface area (Å²) in [7, 11) is 0. The summed E-state index contributed by atoms with van der Waals surface area (Å²) in [5.41, 5.74) is 0.672. The summed E-state index contributed by atoms with van der Waals surface area (Å²) in [6.07, 6.45) is 5.55. The van der Waals surface area contributed by atoms with Crippen LogP contribution in [0, 0.1) is 0 Å². The molecule has 158 valence electrons. The monoisotopic (exact) mass is 398 g/mol. The zero-order chi connectivity index (χ0) is 20.3. The summed E-state index contributed by atoms with van der Waals surface area (Å²) in [6, 6.07) is 10.4. The Bertz CT molecular complexity index is 713. The fourth-order valence-corrected chi connectivity index (χ4v) is 5.16. The zero-order valence-electron chi connectivity index (χ0n) is 17.6. The first-order valence-corrected chi connectivity index (χ1v) is 11.3. The van der Waals surface area contributed by atoms with Gasteiger partial charge >= 0.3 is 6.03 Å². The lowest BCUT2D eigenvalue weighted by atomic mass is 9.87. The molecule has 6 nitrogen and oxygen atoms in total. The van der Waals surface area contributed by atoms with E-state index in [1.807, 2.05) is 6.07 Å². The van der Waals surface area contributed by atoms with Crippen molar-refractivity contribution in [3.63, 3.8) is 0 Å². The second-order valence-electron chi connectivity index (χ2n) is 8.86. The highest BCUT2D eigenvalue weighted by atomic mass is 16.2. The highest BCUT2D eigenvalue weighted by Crippen LogP contribution is 2.32. The van der Waals surface area contributed by atoms with Crippen molar-refractivity contribution in [3.05, 3.63) is 35.9 Å². The van der Waals surface area contributed by atoms with Crippen LogP contribution in [0.5, 0.6) is 0 Å². The zero-order valence-corrected chi connectivity index (χ0v) is 17.6. The molecular formula is C23H34N4O2. The number of imide groups is 1. The predicted octanol–water partition coefficient (Wildman–Crippen LogP) is 2.49. The second-order valence-corrected chi connectivity index (χ2v) is 8.86. The number of carbonyl (C=O) groups is 2. The summed E-state index contributed by atoms with van der Waals surface area (Å²) in [5, 5.41) is 3.10. The normalized spacial score (nSPS) is 25.6. The second kappa shape index (κ2) is 8.84. The Labute approximate surface area is 174 Å². The largest absolute Gasteiger partial charge is 0.325 e. The molecule has 3 heterocycles. The van der Waals surface area contributed by atoms with Crippen LogP contribution in [0.2, 0.25) is 0 Å². The van der Waals surface area contributed by atoms with E-state index in [2.05, 4.69) is 46.3 Å². The van der Waals surface area contributed by atoms with Crippen LogP contribution in [0.15, 0.2) is 30.3 Å². The number of amides is 3. The minimum Gasteiger partial charge on any atom is -0.323 e. The van der Waals surface area contributed by atoms with Crippen LogP contribution < -0.4 is 5.32 Å². The van der Waals surface area contributed by atoms with E-state index in [9.17, 15) is 9.59 Å². The van der Waals surface area contributed by atoms with Gasteiger partial charge in [0.25, 0.3) is 5.91 Å². The molecule has 0 aliphatic carbocycles. The maximum Gasteiger partial charge on any atom is 0.325 e. The lowest BCUT2D eigenvalue weighted by molar-refractivity contribution is -0.135. The summed E-state index contributed by atoms with van der Waals surface area (Å²) < 4.78 is 0. The molecule has 1 unspecified atom stereocenters. The van der Waals surface area contributed by atoms with Crippen molar-refractivity contribution >= 4 is 11.9 Å². The number of rotatable bonds is 6. The molecule has 3 amide bonds. The number of hydrogen-bond acceptors (Lipinski definition) is 4. The van der Waals surface area contributed by atoms with Gasteiger partial charge in [-0.2, -0.15) is 0 Å². The Kier molecular flexibility index (Phi) is 6.20. The highest BCUT2D eigenvalue weighted by molar-refractivity contribution is 6.07. The molecule has 1 spiro atoms. The lowest BCUT2D eigenvalue weighted by Gasteiger charge is -2.39. The van der Waals surface area contributed by atoms with Gasteiger partial charge in [-0.25, -0.2) is 4.79 Å². The van der Waals surface area contributed by atoms with Crippen LogP contribution in [0.4, 0.5) is 4.79 Å². The van der Waals surface area contributed by atoms with Gasteiger partial charge in [-0.15, -0.1) is 0 Å². The van der Waals surface area contributed by atoms with Gasteiger partial charge in [0, 0.05) is 26.2 Å². The summed E-state index contributed by atoms with van der Waals surface area (Å²) in [6.45, 7) is 7.85. The van der Waals surface area contributed by atoms with E-state index in [0.29, 0.717) is 12.8 Å². The molecule has 0 radical (unpaired) electrons. The van der Waals surface area contributed by atoms with Gasteiger partial charge < -0.3 is 15.1 Å². The van der Waals surface area contributed by atoms with Crippen molar-refractivity contribution < 1.29 is 9.59 Å². The van der Waals surface area contributed by atoms with Crippen molar-refractivity contribution in [2.45, 2.75) is 57.0 Å². The van der Waals surface area contributed by atoms with E-state index in [1.165, 1.54) is 5.56 Å². The first-order chi connectivity index (χ1) is 14.1. The van der Waals surface area contributed by atoms with Gasteiger partial charge in [0.1, 0.15) is 5.54 Å². The van der Waals surface area contributed by atoms with Gasteiger partial charge in [0.05, 0.1) is 6.04 Å². The first kappa shape index (κ1) is 20.4. The van der Waals surface area contributed by atoms with E-state index in [-0.39, 0.29) is 18.0 Å². The molecule has 6 heteroatoms. The molecule has 1 aromatic rings. The fourth-order valence-electron chi connectivity index (χ4n) is 5.16. The lowest BCUT2D eigenvalue weighted by Crippen LogP contribution is -2.56. The Hall–Kier alpha value is -1.92. The van der Waals surface area contributed by atoms with Gasteiger partial charge in [-0.3, -0.25) is 9.69 Å². The smallest absolute Gasteiger partial charge is 0.323 e. The Morgan fingerprint density at radius 2 is 1.79 bits per heavy atom. The molecule has 3 saturated heterocycles. The van der Waals surface area contributed by atoms with Gasteiger partial charge in [0.15, 0.2) is 0 Å². The number of urea groups is 1. The Morgan fingerprint density at radius 1 is 1.03 bits per heavy atom. The van der Waals surface area contributed by atoms with Crippen molar-refractivity contribution in [3.8, 4) is 0 Å². The molecule has 1 aromatic carbocycles. The van der Waals surface area contributed by atoms with E-state index in [4.69, 9.17) is 0 Å². The average molecular weight is 399 g/mol. The van der Waals surface area contributed by atoms with Gasteiger partial charge in [0.2, 0.25) is 0 Å². The molecule has 4 rings (SSSR count). The topological polar surface area (TPSA) is 55.9 Å². The number of hydrogen-bond donors (Lipinski definition) is 1. The quantitative estimate of drug-likeness (QED) is 0.748. The maximum atomic E-state index is 13.3. The van der Waals surface area contributed by atoms with Crippen molar-refractivity contribution in [2.75, 3.05) is 39.3 Å². The minimum absolute atomic E-state index is 0.0218.